The Morgan fingerprint density at radius 3 is 2.23 bits per heavy atom. The van der Waals surface area contributed by atoms with Crippen LogP contribution in [-0.2, 0) is 11.0 Å². The van der Waals surface area contributed by atoms with Gasteiger partial charge in [-0.05, 0) is 17.7 Å². The highest BCUT2D eigenvalue weighted by Crippen LogP contribution is 2.33. The predicted octanol–water partition coefficient (Wildman–Crippen LogP) is 4.15. The molecule has 0 bridgehead atoms. The van der Waals surface area contributed by atoms with Crippen LogP contribution in [0.1, 0.15) is 44.7 Å². The zero-order valence-corrected chi connectivity index (χ0v) is 13.1. The van der Waals surface area contributed by atoms with Crippen LogP contribution in [0.25, 0.3) is 0 Å². The van der Waals surface area contributed by atoms with Gasteiger partial charge in [-0.15, -0.1) is 0 Å². The van der Waals surface area contributed by atoms with Crippen molar-refractivity contribution < 1.29 is 22.4 Å². The third-order valence-electron chi connectivity index (χ3n) is 3.34. The van der Waals surface area contributed by atoms with Crippen LogP contribution in [0.2, 0.25) is 0 Å². The number of alkyl halides is 3. The fourth-order valence-corrected chi connectivity index (χ4v) is 2.12. The molecular weight excluding hydrogens is 298 g/mol. The maximum Gasteiger partial charge on any atom is 0.419 e. The molecule has 22 heavy (non-hydrogen) atoms. The Labute approximate surface area is 127 Å². The Kier molecular flexibility index (Phi) is 6.11. The van der Waals surface area contributed by atoms with Gasteiger partial charge in [0.15, 0.2) is 0 Å². The molecule has 6 heteroatoms. The van der Waals surface area contributed by atoms with E-state index in [1.807, 2.05) is 13.8 Å². The van der Waals surface area contributed by atoms with E-state index in [0.717, 1.165) is 12.1 Å². The van der Waals surface area contributed by atoms with Gasteiger partial charge >= 0.3 is 6.18 Å². The maximum absolute atomic E-state index is 13.4. The summed E-state index contributed by atoms with van der Waals surface area (Å²) in [6.07, 6.45) is -4.78. The van der Waals surface area contributed by atoms with E-state index in [0.29, 0.717) is 0 Å². The lowest BCUT2D eigenvalue weighted by molar-refractivity contribution is -0.140. The van der Waals surface area contributed by atoms with Crippen LogP contribution in [0.15, 0.2) is 18.2 Å². The predicted molar refractivity (Wildman–Crippen MR) is 77.1 cm³/mol. The van der Waals surface area contributed by atoms with E-state index < -0.39 is 23.5 Å². The molecule has 0 aliphatic carbocycles. The van der Waals surface area contributed by atoms with Gasteiger partial charge in [-0.2, -0.15) is 13.2 Å². The monoisotopic (exact) mass is 319 g/mol. The Hall–Kier alpha value is -1.43. The van der Waals surface area contributed by atoms with Crippen molar-refractivity contribution in [2.45, 2.75) is 45.8 Å². The first kappa shape index (κ1) is 18.6. The number of hydrogen-bond acceptors (Lipinski definition) is 2. The number of carbonyl (C=O) groups excluding carboxylic acids is 1. The van der Waals surface area contributed by atoms with Crippen LogP contribution in [0, 0.1) is 11.7 Å². The van der Waals surface area contributed by atoms with E-state index in [4.69, 9.17) is 0 Å². The van der Waals surface area contributed by atoms with E-state index in [1.165, 1.54) is 6.07 Å². The van der Waals surface area contributed by atoms with Crippen LogP contribution in [0.4, 0.5) is 17.6 Å². The third kappa shape index (κ3) is 4.80. The second-order valence-electron chi connectivity index (χ2n) is 5.91. The molecule has 124 valence electrons. The first-order chi connectivity index (χ1) is 10.0. The van der Waals surface area contributed by atoms with Crippen LogP contribution in [0.3, 0.4) is 0 Å². The van der Waals surface area contributed by atoms with Gasteiger partial charge in [0, 0.05) is 18.5 Å². The summed E-state index contributed by atoms with van der Waals surface area (Å²) in [5.41, 5.74) is -1.16. The summed E-state index contributed by atoms with van der Waals surface area (Å²) in [5.74, 6) is -2.56. The standard InChI is InChI=1S/C16H21F4NO/c1-9(2)15(22)12(8-21-10(3)4)11-5-6-14(17)13(7-11)16(18,19)20/h5-7,9-10,12,21H,8H2,1-4H3/t12-/m1/s1. The molecule has 1 aromatic carbocycles. The van der Waals surface area contributed by atoms with Crippen molar-refractivity contribution in [3.05, 3.63) is 35.1 Å². The lowest BCUT2D eigenvalue weighted by atomic mass is 9.87. The minimum atomic E-state index is -4.78. The Bertz CT molecular complexity index is 523. The van der Waals surface area contributed by atoms with Gasteiger partial charge in [-0.25, -0.2) is 4.39 Å². The van der Waals surface area contributed by atoms with E-state index in [2.05, 4.69) is 5.32 Å². The van der Waals surface area contributed by atoms with E-state index >= 15 is 0 Å². The molecule has 0 unspecified atom stereocenters. The topological polar surface area (TPSA) is 29.1 Å². The number of Topliss-reactive ketones (excluding diaryl/α,β-unsaturated/α-hetero) is 1. The van der Waals surface area contributed by atoms with E-state index in [-0.39, 0.29) is 29.9 Å². The fraction of sp³-hybridized carbons (Fsp3) is 0.562. The number of hydrogen-bond donors (Lipinski definition) is 1. The molecule has 1 rings (SSSR count). The molecule has 2 nitrogen and oxygen atoms in total. The maximum atomic E-state index is 13.4. The highest BCUT2D eigenvalue weighted by atomic mass is 19.4. The van der Waals surface area contributed by atoms with Crippen molar-refractivity contribution in [2.24, 2.45) is 5.92 Å². The van der Waals surface area contributed by atoms with E-state index in [9.17, 15) is 22.4 Å². The fourth-order valence-electron chi connectivity index (χ4n) is 2.12. The third-order valence-corrected chi connectivity index (χ3v) is 3.34. The number of benzene rings is 1. The van der Waals surface area contributed by atoms with Gasteiger partial charge < -0.3 is 5.32 Å². The average Bonchev–Trinajstić information content (AvgIpc) is 2.38. The highest BCUT2D eigenvalue weighted by molar-refractivity contribution is 5.87. The smallest absolute Gasteiger partial charge is 0.313 e. The Morgan fingerprint density at radius 1 is 1.18 bits per heavy atom. The second kappa shape index (κ2) is 7.22. The Balaban J connectivity index is 3.22. The number of ketones is 1. The van der Waals surface area contributed by atoms with Crippen molar-refractivity contribution in [3.8, 4) is 0 Å². The van der Waals surface area contributed by atoms with Gasteiger partial charge in [-0.3, -0.25) is 4.79 Å². The van der Waals surface area contributed by atoms with Crippen LogP contribution in [-0.4, -0.2) is 18.4 Å². The first-order valence-electron chi connectivity index (χ1n) is 7.17. The Morgan fingerprint density at radius 2 is 1.77 bits per heavy atom. The lowest BCUT2D eigenvalue weighted by Gasteiger charge is -2.21. The molecule has 0 radical (unpaired) electrons. The number of nitrogens with one attached hydrogen (secondary N) is 1. The molecule has 0 amide bonds. The van der Waals surface area contributed by atoms with E-state index in [1.54, 1.807) is 13.8 Å². The van der Waals surface area contributed by atoms with Crippen molar-refractivity contribution >= 4 is 5.78 Å². The van der Waals surface area contributed by atoms with Gasteiger partial charge in [0.25, 0.3) is 0 Å². The van der Waals surface area contributed by atoms with Crippen LogP contribution in [0.5, 0.6) is 0 Å². The molecule has 1 aromatic rings. The zero-order valence-electron chi connectivity index (χ0n) is 13.1. The van der Waals surface area contributed by atoms with Crippen molar-refractivity contribution in [3.63, 3.8) is 0 Å². The number of halogens is 4. The summed E-state index contributed by atoms with van der Waals surface area (Å²) >= 11 is 0. The molecule has 1 atom stereocenters. The number of rotatable bonds is 6. The van der Waals surface area contributed by atoms with Gasteiger partial charge in [0.1, 0.15) is 11.6 Å². The molecule has 0 heterocycles. The van der Waals surface area contributed by atoms with Gasteiger partial charge in [0.05, 0.1) is 11.5 Å². The molecular formula is C16H21F4NO. The molecule has 0 aliphatic rings. The molecule has 0 fully saturated rings. The minimum absolute atomic E-state index is 0.0880. The molecule has 0 aromatic heterocycles. The lowest BCUT2D eigenvalue weighted by Crippen LogP contribution is -2.33. The highest BCUT2D eigenvalue weighted by Gasteiger charge is 2.35. The SMILES string of the molecule is CC(C)NC[C@@H](C(=O)C(C)C)c1ccc(F)c(C(F)(F)F)c1. The van der Waals surface area contributed by atoms with Crippen molar-refractivity contribution in [1.82, 2.24) is 5.32 Å². The quantitative estimate of drug-likeness (QED) is 0.798. The van der Waals surface area contributed by atoms with Crippen molar-refractivity contribution in [1.29, 1.82) is 0 Å². The average molecular weight is 319 g/mol. The van der Waals surface area contributed by atoms with Crippen LogP contribution >= 0.6 is 0 Å². The first-order valence-corrected chi connectivity index (χ1v) is 7.17. The summed E-state index contributed by atoms with van der Waals surface area (Å²) in [5, 5.41) is 3.06. The zero-order chi connectivity index (χ0) is 17.1. The summed E-state index contributed by atoms with van der Waals surface area (Å²) in [6, 6.07) is 2.85. The van der Waals surface area contributed by atoms with Crippen molar-refractivity contribution in [2.75, 3.05) is 6.54 Å². The molecule has 0 saturated carbocycles. The van der Waals surface area contributed by atoms with Gasteiger partial charge in [-0.1, -0.05) is 33.8 Å². The number of carbonyl (C=O) groups is 1. The molecule has 0 saturated heterocycles. The van der Waals surface area contributed by atoms with Crippen LogP contribution < -0.4 is 5.32 Å². The minimum Gasteiger partial charge on any atom is -0.313 e. The van der Waals surface area contributed by atoms with Gasteiger partial charge in [0.2, 0.25) is 0 Å². The summed E-state index contributed by atoms with van der Waals surface area (Å²) in [7, 11) is 0. The summed E-state index contributed by atoms with van der Waals surface area (Å²) in [4.78, 5) is 12.3. The summed E-state index contributed by atoms with van der Waals surface area (Å²) in [6.45, 7) is 7.36. The molecule has 0 spiro atoms. The summed E-state index contributed by atoms with van der Waals surface area (Å²) < 4.78 is 51.9. The normalized spacial score (nSPS) is 13.7. The largest absolute Gasteiger partial charge is 0.419 e. The molecule has 1 N–H and O–H groups in total. The molecule has 0 aliphatic heterocycles. The second-order valence-corrected chi connectivity index (χ2v) is 5.91.